The molecule has 1 aromatic heterocycles. The fourth-order valence-electron chi connectivity index (χ4n) is 3.10. The highest BCUT2D eigenvalue weighted by Gasteiger charge is 2.13. The molecule has 0 aliphatic heterocycles. The normalized spacial score (nSPS) is 11.0. The molecule has 0 radical (unpaired) electrons. The molecule has 0 saturated carbocycles. The number of hydrogen-bond acceptors (Lipinski definition) is 4. The lowest BCUT2D eigenvalue weighted by molar-refractivity contribution is -0.0503. The zero-order chi connectivity index (χ0) is 21.8. The maximum atomic E-state index is 12.6. The Morgan fingerprint density at radius 3 is 2.63 bits per heavy atom. The second-order valence-electron chi connectivity index (χ2n) is 6.94. The van der Waals surface area contributed by atoms with E-state index in [-0.39, 0.29) is 11.3 Å². The lowest BCUT2D eigenvalue weighted by Crippen LogP contribution is -2.21. The fourth-order valence-corrected chi connectivity index (χ4v) is 3.31. The van der Waals surface area contributed by atoms with Crippen molar-refractivity contribution >= 4 is 23.2 Å². The van der Waals surface area contributed by atoms with E-state index < -0.39 is 6.61 Å². The summed E-state index contributed by atoms with van der Waals surface area (Å²) in [7, 11) is 0. The topological polar surface area (TPSA) is 56.1 Å². The highest BCUT2D eigenvalue weighted by atomic mass is 35.5. The maximum absolute atomic E-state index is 12.6. The Morgan fingerprint density at radius 1 is 1.20 bits per heavy atom. The van der Waals surface area contributed by atoms with Crippen molar-refractivity contribution in [3.8, 4) is 5.75 Å². The molecule has 0 amide bonds. The first kappa shape index (κ1) is 21.8. The molecule has 1 N–H and O–H groups in total. The molecule has 0 aliphatic carbocycles. The Morgan fingerprint density at radius 2 is 1.97 bits per heavy atom. The molecule has 2 aromatic carbocycles. The molecule has 158 valence electrons. The van der Waals surface area contributed by atoms with Gasteiger partial charge in [0.2, 0.25) is 5.95 Å². The van der Waals surface area contributed by atoms with Gasteiger partial charge in [-0.15, -0.1) is 0 Å². The van der Waals surface area contributed by atoms with E-state index in [0.29, 0.717) is 46.3 Å². The minimum Gasteiger partial charge on any atom is -0.435 e. The van der Waals surface area contributed by atoms with Crippen LogP contribution in [0.3, 0.4) is 0 Å². The molecule has 5 nitrogen and oxygen atoms in total. The van der Waals surface area contributed by atoms with Crippen molar-refractivity contribution in [3.05, 3.63) is 80.2 Å². The van der Waals surface area contributed by atoms with E-state index in [1.54, 1.807) is 32.2 Å². The van der Waals surface area contributed by atoms with E-state index in [9.17, 15) is 13.6 Å². The number of aryl methyl sites for hydroxylation is 3. The molecule has 0 unspecified atom stereocenters. The molecule has 0 bridgehead atoms. The number of aromatic nitrogens is 2. The van der Waals surface area contributed by atoms with Crippen LogP contribution in [0.15, 0.2) is 47.4 Å². The summed E-state index contributed by atoms with van der Waals surface area (Å²) in [5, 5.41) is 3.78. The van der Waals surface area contributed by atoms with Crippen molar-refractivity contribution in [2.75, 3.05) is 5.32 Å². The first-order valence-electron chi connectivity index (χ1n) is 9.44. The lowest BCUT2D eigenvalue weighted by Gasteiger charge is -2.18. The van der Waals surface area contributed by atoms with Crippen LogP contribution < -0.4 is 15.6 Å². The summed E-state index contributed by atoms with van der Waals surface area (Å²) in [6.07, 6.45) is 2.33. The van der Waals surface area contributed by atoms with Crippen molar-refractivity contribution in [1.82, 2.24) is 9.55 Å². The van der Waals surface area contributed by atoms with Crippen molar-refractivity contribution in [2.24, 2.45) is 0 Å². The predicted molar refractivity (Wildman–Crippen MR) is 114 cm³/mol. The molecular formula is C22H22ClF2N3O2. The largest absolute Gasteiger partial charge is 0.435 e. The van der Waals surface area contributed by atoms with Gasteiger partial charge < -0.3 is 14.6 Å². The van der Waals surface area contributed by atoms with E-state index in [4.69, 9.17) is 11.6 Å². The summed E-state index contributed by atoms with van der Waals surface area (Å²) in [6.45, 7) is 2.89. The molecule has 0 spiro atoms. The van der Waals surface area contributed by atoms with Crippen molar-refractivity contribution < 1.29 is 13.5 Å². The van der Waals surface area contributed by atoms with Crippen LogP contribution in [-0.2, 0) is 13.0 Å². The molecule has 0 saturated heterocycles. The van der Waals surface area contributed by atoms with Crippen molar-refractivity contribution in [3.63, 3.8) is 0 Å². The molecule has 3 rings (SSSR count). The van der Waals surface area contributed by atoms with Gasteiger partial charge in [-0.3, -0.25) is 4.79 Å². The van der Waals surface area contributed by atoms with E-state index >= 15 is 0 Å². The van der Waals surface area contributed by atoms with Gasteiger partial charge in [-0.1, -0.05) is 30.7 Å². The van der Waals surface area contributed by atoms with Crippen LogP contribution in [0, 0.1) is 13.8 Å². The SMILES string of the molecule is CCc1cn(Cc2cccc(Cl)c2)c(Nc2cc(C)c(OC(F)F)cc2C)nc1=O. The van der Waals surface area contributed by atoms with Gasteiger partial charge in [0.1, 0.15) is 5.75 Å². The standard InChI is InChI=1S/C22H22ClF2N3O2/c1-4-16-12-28(11-15-6-5-7-17(23)10-15)22(27-20(16)29)26-18-8-14(3)19(9-13(18)2)30-21(24)25/h5-10,12,21H,4,11H2,1-3H3,(H,26,27,29). The second-order valence-corrected chi connectivity index (χ2v) is 7.38. The Balaban J connectivity index is 2.00. The van der Waals surface area contributed by atoms with Crippen LogP contribution in [0.25, 0.3) is 0 Å². The van der Waals surface area contributed by atoms with Gasteiger partial charge in [0.15, 0.2) is 0 Å². The number of rotatable bonds is 7. The quantitative estimate of drug-likeness (QED) is 0.536. The smallest absolute Gasteiger partial charge is 0.387 e. The molecule has 0 atom stereocenters. The average Bonchev–Trinajstić information content (AvgIpc) is 2.67. The number of nitrogens with one attached hydrogen (secondary N) is 1. The summed E-state index contributed by atoms with van der Waals surface area (Å²) in [6, 6.07) is 10.7. The second kappa shape index (κ2) is 9.26. The van der Waals surface area contributed by atoms with Crippen molar-refractivity contribution in [1.29, 1.82) is 0 Å². The van der Waals surface area contributed by atoms with Crippen LogP contribution in [0.1, 0.15) is 29.2 Å². The maximum Gasteiger partial charge on any atom is 0.387 e. The third-order valence-corrected chi connectivity index (χ3v) is 4.91. The third kappa shape index (κ3) is 5.16. The summed E-state index contributed by atoms with van der Waals surface area (Å²) in [5.41, 5.74) is 3.10. The molecule has 0 fully saturated rings. The Bertz CT molecular complexity index is 1120. The van der Waals surface area contributed by atoms with Crippen LogP contribution in [-0.4, -0.2) is 16.2 Å². The van der Waals surface area contributed by atoms with Gasteiger partial charge in [0.25, 0.3) is 5.56 Å². The highest BCUT2D eigenvalue weighted by molar-refractivity contribution is 6.30. The number of nitrogens with zero attached hydrogens (tertiary/aromatic N) is 2. The Kier molecular flexibility index (Phi) is 6.72. The summed E-state index contributed by atoms with van der Waals surface area (Å²) in [5.74, 6) is 0.459. The van der Waals surface area contributed by atoms with Crippen LogP contribution in [0.4, 0.5) is 20.4 Å². The van der Waals surface area contributed by atoms with E-state index in [1.165, 1.54) is 6.07 Å². The van der Waals surface area contributed by atoms with Gasteiger partial charge >= 0.3 is 6.61 Å². The Labute approximate surface area is 178 Å². The summed E-state index contributed by atoms with van der Waals surface area (Å²) >= 11 is 6.10. The molecular weight excluding hydrogens is 412 g/mol. The number of alkyl halides is 2. The van der Waals surface area contributed by atoms with E-state index in [0.717, 1.165) is 5.56 Å². The van der Waals surface area contributed by atoms with E-state index in [1.807, 2.05) is 29.7 Å². The predicted octanol–water partition coefficient (Wildman–Crippen LogP) is 5.47. The zero-order valence-corrected chi connectivity index (χ0v) is 17.6. The fraction of sp³-hybridized carbons (Fsp3) is 0.273. The molecule has 30 heavy (non-hydrogen) atoms. The monoisotopic (exact) mass is 433 g/mol. The van der Waals surface area contributed by atoms with Gasteiger partial charge in [0.05, 0.1) is 6.54 Å². The van der Waals surface area contributed by atoms with Crippen LogP contribution >= 0.6 is 11.6 Å². The van der Waals surface area contributed by atoms with Gasteiger partial charge in [-0.2, -0.15) is 13.8 Å². The minimum absolute atomic E-state index is 0.110. The molecule has 1 heterocycles. The van der Waals surface area contributed by atoms with Gasteiger partial charge in [-0.25, -0.2) is 0 Å². The minimum atomic E-state index is -2.90. The molecule has 3 aromatic rings. The van der Waals surface area contributed by atoms with Gasteiger partial charge in [0, 0.05) is 22.5 Å². The summed E-state index contributed by atoms with van der Waals surface area (Å²) < 4.78 is 31.6. The van der Waals surface area contributed by atoms with Crippen molar-refractivity contribution in [2.45, 2.75) is 40.3 Å². The number of ether oxygens (including phenoxy) is 1. The third-order valence-electron chi connectivity index (χ3n) is 4.67. The Hall–Kier alpha value is -2.93. The number of anilines is 2. The van der Waals surface area contributed by atoms with Gasteiger partial charge in [-0.05, 0) is 61.2 Å². The number of hydrogen-bond donors (Lipinski definition) is 1. The average molecular weight is 434 g/mol. The number of halogens is 3. The molecule has 8 heteroatoms. The zero-order valence-electron chi connectivity index (χ0n) is 16.9. The lowest BCUT2D eigenvalue weighted by atomic mass is 10.1. The van der Waals surface area contributed by atoms with Crippen LogP contribution in [0.2, 0.25) is 5.02 Å². The summed E-state index contributed by atoms with van der Waals surface area (Å²) in [4.78, 5) is 16.6. The first-order valence-corrected chi connectivity index (χ1v) is 9.82. The first-order chi connectivity index (χ1) is 14.3. The van der Waals surface area contributed by atoms with E-state index in [2.05, 4.69) is 15.0 Å². The molecule has 0 aliphatic rings. The number of benzene rings is 2. The van der Waals surface area contributed by atoms with Crippen LogP contribution in [0.5, 0.6) is 5.75 Å². The highest BCUT2D eigenvalue weighted by Crippen LogP contribution is 2.29.